The maximum absolute atomic E-state index is 12.2. The number of hydrogen-bond acceptors (Lipinski definition) is 3. The SMILES string of the molecule is C=CCN1C(=O)c2ccc(C(=O)N[C@H](C)CC)cc2C1=O. The van der Waals surface area contributed by atoms with Gasteiger partial charge in [0.1, 0.15) is 0 Å². The van der Waals surface area contributed by atoms with Crippen LogP contribution in [0.25, 0.3) is 0 Å². The average molecular weight is 286 g/mol. The van der Waals surface area contributed by atoms with Gasteiger partial charge < -0.3 is 5.32 Å². The van der Waals surface area contributed by atoms with Gasteiger partial charge in [-0.2, -0.15) is 0 Å². The number of carbonyl (C=O) groups is 3. The molecule has 5 nitrogen and oxygen atoms in total. The highest BCUT2D eigenvalue weighted by Gasteiger charge is 2.35. The van der Waals surface area contributed by atoms with Crippen LogP contribution < -0.4 is 5.32 Å². The van der Waals surface area contributed by atoms with Crippen LogP contribution >= 0.6 is 0 Å². The van der Waals surface area contributed by atoms with Gasteiger partial charge in [0.15, 0.2) is 0 Å². The Balaban J connectivity index is 2.30. The highest BCUT2D eigenvalue weighted by molar-refractivity contribution is 6.22. The van der Waals surface area contributed by atoms with Gasteiger partial charge in [-0.1, -0.05) is 13.0 Å². The Kier molecular flexibility index (Phi) is 4.21. The number of benzene rings is 1. The van der Waals surface area contributed by atoms with Gasteiger partial charge in [0.2, 0.25) is 0 Å². The third kappa shape index (κ3) is 2.72. The summed E-state index contributed by atoms with van der Waals surface area (Å²) >= 11 is 0. The summed E-state index contributed by atoms with van der Waals surface area (Å²) in [5, 5.41) is 2.83. The van der Waals surface area contributed by atoms with E-state index in [-0.39, 0.29) is 35.9 Å². The second kappa shape index (κ2) is 5.91. The monoisotopic (exact) mass is 286 g/mol. The maximum Gasteiger partial charge on any atom is 0.261 e. The first kappa shape index (κ1) is 15.0. The summed E-state index contributed by atoms with van der Waals surface area (Å²) in [7, 11) is 0. The summed E-state index contributed by atoms with van der Waals surface area (Å²) in [6, 6.07) is 4.64. The number of fused-ring (bicyclic) bond motifs is 1. The number of nitrogens with zero attached hydrogens (tertiary/aromatic N) is 1. The number of carbonyl (C=O) groups excluding carboxylic acids is 3. The quantitative estimate of drug-likeness (QED) is 0.665. The largest absolute Gasteiger partial charge is 0.350 e. The number of amides is 3. The topological polar surface area (TPSA) is 66.5 Å². The molecule has 0 fully saturated rings. The molecule has 1 atom stereocenters. The molecule has 0 aromatic heterocycles. The first-order valence-electron chi connectivity index (χ1n) is 6.91. The summed E-state index contributed by atoms with van der Waals surface area (Å²) < 4.78 is 0. The summed E-state index contributed by atoms with van der Waals surface area (Å²) in [6.07, 6.45) is 2.32. The van der Waals surface area contributed by atoms with Crippen molar-refractivity contribution in [3.63, 3.8) is 0 Å². The summed E-state index contributed by atoms with van der Waals surface area (Å²) in [5.41, 5.74) is 0.997. The second-order valence-corrected chi connectivity index (χ2v) is 5.05. The van der Waals surface area contributed by atoms with Crippen molar-refractivity contribution in [1.82, 2.24) is 10.2 Å². The lowest BCUT2D eigenvalue weighted by Gasteiger charge is -2.11. The molecule has 0 unspecified atom stereocenters. The van der Waals surface area contributed by atoms with E-state index in [2.05, 4.69) is 11.9 Å². The third-order valence-corrected chi connectivity index (χ3v) is 3.53. The maximum atomic E-state index is 12.2. The molecule has 0 radical (unpaired) electrons. The van der Waals surface area contributed by atoms with E-state index in [0.717, 1.165) is 11.3 Å². The molecular weight excluding hydrogens is 268 g/mol. The zero-order chi connectivity index (χ0) is 15.6. The molecule has 1 aromatic carbocycles. The molecule has 0 saturated heterocycles. The summed E-state index contributed by atoms with van der Waals surface area (Å²) in [6.45, 7) is 7.58. The van der Waals surface area contributed by atoms with Crippen molar-refractivity contribution in [2.45, 2.75) is 26.3 Å². The number of hydrogen-bond donors (Lipinski definition) is 1. The van der Waals surface area contributed by atoms with Crippen LogP contribution in [0, 0.1) is 0 Å². The van der Waals surface area contributed by atoms with Crippen LogP contribution in [0.1, 0.15) is 51.3 Å². The molecule has 5 heteroatoms. The van der Waals surface area contributed by atoms with Crippen molar-refractivity contribution in [3.8, 4) is 0 Å². The van der Waals surface area contributed by atoms with Crippen LogP contribution in [0.5, 0.6) is 0 Å². The lowest BCUT2D eigenvalue weighted by atomic mass is 10.0. The van der Waals surface area contributed by atoms with E-state index in [9.17, 15) is 14.4 Å². The molecule has 1 N–H and O–H groups in total. The molecule has 21 heavy (non-hydrogen) atoms. The first-order chi connectivity index (χ1) is 9.99. The normalized spacial score (nSPS) is 14.9. The molecule has 2 rings (SSSR count). The van der Waals surface area contributed by atoms with Crippen LogP contribution in [0.2, 0.25) is 0 Å². The average Bonchev–Trinajstić information content (AvgIpc) is 2.72. The molecule has 110 valence electrons. The fourth-order valence-corrected chi connectivity index (χ4v) is 2.14. The Morgan fingerprint density at radius 1 is 1.33 bits per heavy atom. The third-order valence-electron chi connectivity index (χ3n) is 3.53. The highest BCUT2D eigenvalue weighted by Crippen LogP contribution is 2.24. The first-order valence-corrected chi connectivity index (χ1v) is 6.91. The summed E-state index contributed by atoms with van der Waals surface area (Å²) in [4.78, 5) is 37.4. The Morgan fingerprint density at radius 3 is 2.62 bits per heavy atom. The molecule has 0 aliphatic carbocycles. The zero-order valence-electron chi connectivity index (χ0n) is 12.2. The minimum Gasteiger partial charge on any atom is -0.350 e. The number of rotatable bonds is 5. The molecule has 0 bridgehead atoms. The van der Waals surface area contributed by atoms with E-state index in [0.29, 0.717) is 11.1 Å². The van der Waals surface area contributed by atoms with Gasteiger partial charge >= 0.3 is 0 Å². The van der Waals surface area contributed by atoms with E-state index in [1.54, 1.807) is 6.07 Å². The van der Waals surface area contributed by atoms with Gasteiger partial charge in [-0.05, 0) is 31.5 Å². The van der Waals surface area contributed by atoms with Gasteiger partial charge in [0, 0.05) is 18.2 Å². The fourth-order valence-electron chi connectivity index (χ4n) is 2.14. The predicted molar refractivity (Wildman–Crippen MR) is 79.2 cm³/mol. The van der Waals surface area contributed by atoms with Crippen molar-refractivity contribution in [2.24, 2.45) is 0 Å². The van der Waals surface area contributed by atoms with Crippen LogP contribution in [-0.2, 0) is 0 Å². The minimum atomic E-state index is -0.381. The molecular formula is C16H18N2O3. The lowest BCUT2D eigenvalue weighted by molar-refractivity contribution is 0.0672. The van der Waals surface area contributed by atoms with Crippen LogP contribution in [0.4, 0.5) is 0 Å². The van der Waals surface area contributed by atoms with Crippen molar-refractivity contribution in [2.75, 3.05) is 6.54 Å². The Labute approximate surface area is 123 Å². The van der Waals surface area contributed by atoms with Gasteiger partial charge in [-0.25, -0.2) is 0 Å². The Morgan fingerprint density at radius 2 is 2.00 bits per heavy atom. The molecule has 3 amide bonds. The van der Waals surface area contributed by atoms with Crippen molar-refractivity contribution < 1.29 is 14.4 Å². The van der Waals surface area contributed by atoms with Gasteiger partial charge in [0.05, 0.1) is 11.1 Å². The molecule has 1 heterocycles. The molecule has 1 aromatic rings. The van der Waals surface area contributed by atoms with E-state index in [1.165, 1.54) is 18.2 Å². The second-order valence-electron chi connectivity index (χ2n) is 5.05. The summed E-state index contributed by atoms with van der Waals surface area (Å²) in [5.74, 6) is -0.966. The van der Waals surface area contributed by atoms with Crippen molar-refractivity contribution >= 4 is 17.7 Å². The Hall–Kier alpha value is -2.43. The predicted octanol–water partition coefficient (Wildman–Crippen LogP) is 2.00. The zero-order valence-corrected chi connectivity index (χ0v) is 12.2. The van der Waals surface area contributed by atoms with Crippen molar-refractivity contribution in [3.05, 3.63) is 47.5 Å². The minimum absolute atomic E-state index is 0.0559. The molecule has 0 spiro atoms. The molecule has 1 aliphatic rings. The van der Waals surface area contributed by atoms with E-state index in [1.807, 2.05) is 13.8 Å². The number of nitrogens with one attached hydrogen (secondary N) is 1. The van der Waals surface area contributed by atoms with Gasteiger partial charge in [-0.3, -0.25) is 19.3 Å². The van der Waals surface area contributed by atoms with E-state index < -0.39 is 0 Å². The number of imide groups is 1. The van der Waals surface area contributed by atoms with E-state index >= 15 is 0 Å². The van der Waals surface area contributed by atoms with E-state index in [4.69, 9.17) is 0 Å². The van der Waals surface area contributed by atoms with Crippen LogP contribution in [0.15, 0.2) is 30.9 Å². The molecule has 0 saturated carbocycles. The van der Waals surface area contributed by atoms with Crippen LogP contribution in [0.3, 0.4) is 0 Å². The fraction of sp³-hybridized carbons (Fsp3) is 0.312. The van der Waals surface area contributed by atoms with Gasteiger partial charge in [-0.15, -0.1) is 6.58 Å². The lowest BCUT2D eigenvalue weighted by Crippen LogP contribution is -2.32. The standard InChI is InChI=1S/C16H18N2O3/c1-4-8-18-15(20)12-7-6-11(9-13(12)16(18)21)14(19)17-10(3)5-2/h4,6-7,9-10H,1,5,8H2,2-3H3,(H,17,19)/t10-/m1/s1. The van der Waals surface area contributed by atoms with Crippen molar-refractivity contribution in [1.29, 1.82) is 0 Å². The van der Waals surface area contributed by atoms with Crippen LogP contribution in [-0.4, -0.2) is 35.2 Å². The molecule has 1 aliphatic heterocycles. The Bertz CT molecular complexity index is 622. The highest BCUT2D eigenvalue weighted by atomic mass is 16.2. The van der Waals surface area contributed by atoms with Gasteiger partial charge in [0.25, 0.3) is 17.7 Å². The smallest absolute Gasteiger partial charge is 0.261 e.